The van der Waals surface area contributed by atoms with Crippen LogP contribution in [0.25, 0.3) is 0 Å². The Morgan fingerprint density at radius 1 is 1.38 bits per heavy atom. The van der Waals surface area contributed by atoms with E-state index in [1.165, 1.54) is 5.01 Å². The average Bonchev–Trinajstić information content (AvgIpc) is 2.91. The van der Waals surface area contributed by atoms with Crippen molar-refractivity contribution in [2.24, 2.45) is 0 Å². The summed E-state index contributed by atoms with van der Waals surface area (Å²) in [6.07, 6.45) is 3.20. The molecule has 1 fully saturated rings. The van der Waals surface area contributed by atoms with Crippen LogP contribution >= 0.6 is 22.9 Å². The number of nitrogens with zero attached hydrogens (tertiary/aromatic N) is 3. The number of piperazine rings is 1. The summed E-state index contributed by atoms with van der Waals surface area (Å²) in [5.74, 6) is 0.717. The van der Waals surface area contributed by atoms with Gasteiger partial charge in [0.2, 0.25) is 5.91 Å². The molecule has 0 aliphatic carbocycles. The highest BCUT2D eigenvalue weighted by atomic mass is 35.5. The predicted molar refractivity (Wildman–Crippen MR) is 87.9 cm³/mol. The van der Waals surface area contributed by atoms with Gasteiger partial charge in [0.05, 0.1) is 22.1 Å². The topological polar surface area (TPSA) is 36.4 Å². The lowest BCUT2D eigenvalue weighted by Crippen LogP contribution is -2.62. The number of unbranched alkanes of at least 4 members (excludes halogenated alkanes) is 1. The molecule has 2 heterocycles. The van der Waals surface area contributed by atoms with Gasteiger partial charge in [-0.2, -0.15) is 0 Å². The minimum atomic E-state index is -0.375. The molecule has 1 amide bonds. The summed E-state index contributed by atoms with van der Waals surface area (Å²) < 4.78 is 0. The van der Waals surface area contributed by atoms with Crippen LogP contribution in [0.1, 0.15) is 37.4 Å². The smallest absolute Gasteiger partial charge is 0.242 e. The van der Waals surface area contributed by atoms with Gasteiger partial charge < -0.3 is 4.90 Å². The Balaban J connectivity index is 1.76. The third-order valence-electron chi connectivity index (χ3n) is 4.17. The number of likely N-dealkylation sites (N-methyl/N-ethyl adjacent to an activating group) is 1. The van der Waals surface area contributed by atoms with Crippen molar-refractivity contribution in [1.82, 2.24) is 14.8 Å². The summed E-state index contributed by atoms with van der Waals surface area (Å²) in [5, 5.41) is 3.20. The molecule has 118 valence electrons. The van der Waals surface area contributed by atoms with Gasteiger partial charge in [0.25, 0.3) is 0 Å². The minimum absolute atomic E-state index is 0.223. The Labute approximate surface area is 136 Å². The second-order valence-corrected chi connectivity index (χ2v) is 7.31. The highest BCUT2D eigenvalue weighted by Gasteiger charge is 2.39. The fourth-order valence-corrected chi connectivity index (χ4v) is 3.82. The van der Waals surface area contributed by atoms with Crippen LogP contribution < -0.4 is 0 Å². The largest absolute Gasteiger partial charge is 0.343 e. The summed E-state index contributed by atoms with van der Waals surface area (Å²) in [6.45, 7) is 6.81. The van der Waals surface area contributed by atoms with Crippen molar-refractivity contribution in [2.45, 2.75) is 44.5 Å². The van der Waals surface area contributed by atoms with E-state index in [1.807, 2.05) is 31.2 Å². The molecule has 0 bridgehead atoms. The van der Waals surface area contributed by atoms with Gasteiger partial charge in [0.1, 0.15) is 0 Å². The van der Waals surface area contributed by atoms with Crippen LogP contribution in [0.3, 0.4) is 0 Å². The zero-order valence-corrected chi connectivity index (χ0v) is 14.6. The van der Waals surface area contributed by atoms with E-state index in [-0.39, 0.29) is 11.4 Å². The van der Waals surface area contributed by atoms with Crippen molar-refractivity contribution in [3.8, 4) is 0 Å². The lowest BCUT2D eigenvalue weighted by atomic mass is 9.97. The molecule has 2 rings (SSSR count). The van der Waals surface area contributed by atoms with Crippen molar-refractivity contribution in [1.29, 1.82) is 0 Å². The molecular weight excluding hydrogens is 306 g/mol. The Morgan fingerprint density at radius 2 is 2.14 bits per heavy atom. The van der Waals surface area contributed by atoms with Crippen LogP contribution in [0.5, 0.6) is 0 Å². The molecule has 0 unspecified atom stereocenters. The number of carbonyl (C=O) groups is 1. The predicted octanol–water partition coefficient (Wildman–Crippen LogP) is 2.76. The standard InChI is InChI=1S/C15H24ClN3OS/c1-15(2)14(20)18(3)8-9-19(15)7-5-4-6-13-17-12(10-16)11-21-13/h11H,4-10H2,1-3H3. The first-order valence-corrected chi connectivity index (χ1v) is 8.86. The van der Waals surface area contributed by atoms with Gasteiger partial charge in [-0.05, 0) is 39.7 Å². The van der Waals surface area contributed by atoms with Gasteiger partial charge >= 0.3 is 0 Å². The second kappa shape index (κ2) is 7.07. The van der Waals surface area contributed by atoms with E-state index in [1.54, 1.807) is 11.3 Å². The van der Waals surface area contributed by atoms with Crippen LogP contribution in [0.4, 0.5) is 0 Å². The molecule has 21 heavy (non-hydrogen) atoms. The zero-order valence-electron chi connectivity index (χ0n) is 13.1. The molecule has 0 aromatic carbocycles. The first-order valence-electron chi connectivity index (χ1n) is 7.45. The van der Waals surface area contributed by atoms with Gasteiger partial charge in [0.15, 0.2) is 0 Å². The molecule has 4 nitrogen and oxygen atoms in total. The number of aryl methyl sites for hydroxylation is 1. The van der Waals surface area contributed by atoms with E-state index in [4.69, 9.17) is 11.6 Å². The number of amides is 1. The van der Waals surface area contributed by atoms with Gasteiger partial charge in [-0.1, -0.05) is 0 Å². The van der Waals surface area contributed by atoms with E-state index < -0.39 is 0 Å². The lowest BCUT2D eigenvalue weighted by Gasteiger charge is -2.44. The number of hydrogen-bond donors (Lipinski definition) is 0. The number of carbonyl (C=O) groups excluding carboxylic acids is 1. The molecular formula is C15H24ClN3OS. The maximum absolute atomic E-state index is 12.2. The van der Waals surface area contributed by atoms with Crippen LogP contribution in [0.15, 0.2) is 5.38 Å². The first kappa shape index (κ1) is 16.7. The molecule has 1 aliphatic rings. The minimum Gasteiger partial charge on any atom is -0.343 e. The van der Waals surface area contributed by atoms with Crippen molar-refractivity contribution in [3.05, 3.63) is 16.1 Å². The van der Waals surface area contributed by atoms with Crippen molar-refractivity contribution in [2.75, 3.05) is 26.7 Å². The maximum atomic E-state index is 12.2. The molecule has 1 aliphatic heterocycles. The van der Waals surface area contributed by atoms with Crippen molar-refractivity contribution in [3.63, 3.8) is 0 Å². The van der Waals surface area contributed by atoms with Crippen LogP contribution in [-0.2, 0) is 17.1 Å². The molecule has 0 spiro atoms. The van der Waals surface area contributed by atoms with Gasteiger partial charge in [-0.3, -0.25) is 9.69 Å². The van der Waals surface area contributed by atoms with Gasteiger partial charge in [-0.25, -0.2) is 4.98 Å². The summed E-state index contributed by atoms with van der Waals surface area (Å²) >= 11 is 7.45. The highest BCUT2D eigenvalue weighted by Crippen LogP contribution is 2.22. The van der Waals surface area contributed by atoms with Crippen LogP contribution in [-0.4, -0.2) is 52.9 Å². The fraction of sp³-hybridized carbons (Fsp3) is 0.733. The number of aromatic nitrogens is 1. The van der Waals surface area contributed by atoms with Gasteiger partial charge in [-0.15, -0.1) is 22.9 Å². The van der Waals surface area contributed by atoms with Crippen LogP contribution in [0.2, 0.25) is 0 Å². The Hall–Kier alpha value is -0.650. The first-order chi connectivity index (χ1) is 9.95. The highest BCUT2D eigenvalue weighted by molar-refractivity contribution is 7.09. The monoisotopic (exact) mass is 329 g/mol. The Kier molecular flexibility index (Phi) is 5.63. The summed E-state index contributed by atoms with van der Waals surface area (Å²) in [6, 6.07) is 0. The Morgan fingerprint density at radius 3 is 2.81 bits per heavy atom. The van der Waals surface area contributed by atoms with Crippen LogP contribution in [0, 0.1) is 0 Å². The SMILES string of the molecule is CN1CCN(CCCCc2nc(CCl)cs2)C(C)(C)C1=O. The molecule has 1 aromatic heterocycles. The Bertz CT molecular complexity index is 489. The van der Waals surface area contributed by atoms with E-state index >= 15 is 0 Å². The number of rotatable bonds is 6. The van der Waals surface area contributed by atoms with E-state index in [9.17, 15) is 4.79 Å². The van der Waals surface area contributed by atoms with E-state index in [2.05, 4.69) is 9.88 Å². The molecule has 0 radical (unpaired) electrons. The van der Waals surface area contributed by atoms with E-state index in [0.717, 1.165) is 44.6 Å². The summed E-state index contributed by atoms with van der Waals surface area (Å²) in [4.78, 5) is 20.8. The number of hydrogen-bond acceptors (Lipinski definition) is 4. The molecule has 0 atom stereocenters. The second-order valence-electron chi connectivity index (χ2n) is 6.10. The molecule has 1 aromatic rings. The quantitative estimate of drug-likeness (QED) is 0.595. The summed E-state index contributed by atoms with van der Waals surface area (Å²) in [7, 11) is 1.89. The molecule has 1 saturated heterocycles. The summed E-state index contributed by atoms with van der Waals surface area (Å²) in [5.41, 5.74) is 0.599. The average molecular weight is 330 g/mol. The lowest BCUT2D eigenvalue weighted by molar-refractivity contribution is -0.147. The fourth-order valence-electron chi connectivity index (χ4n) is 2.75. The molecule has 0 N–H and O–H groups in total. The van der Waals surface area contributed by atoms with Crippen molar-refractivity contribution < 1.29 is 4.79 Å². The number of thiazole rings is 1. The van der Waals surface area contributed by atoms with Crippen molar-refractivity contribution >= 4 is 28.8 Å². The number of alkyl halides is 1. The maximum Gasteiger partial charge on any atom is 0.242 e. The normalized spacial score (nSPS) is 19.2. The zero-order chi connectivity index (χ0) is 15.5. The molecule has 6 heteroatoms. The van der Waals surface area contributed by atoms with Gasteiger partial charge in [0, 0.05) is 25.5 Å². The molecule has 0 saturated carbocycles. The third-order valence-corrected chi connectivity index (χ3v) is 5.40. The van der Waals surface area contributed by atoms with E-state index in [0.29, 0.717) is 5.88 Å². The third kappa shape index (κ3) is 3.96. The number of halogens is 1.